The largest absolute Gasteiger partial charge is 0.480 e. The first-order valence-corrected chi connectivity index (χ1v) is 8.21. The number of rotatable bonds is 4. The van der Waals surface area contributed by atoms with E-state index >= 15 is 0 Å². The van der Waals surface area contributed by atoms with Crippen LogP contribution in [0.2, 0.25) is 0 Å². The predicted octanol–water partition coefficient (Wildman–Crippen LogP) is 1.80. The van der Waals surface area contributed by atoms with E-state index in [2.05, 4.69) is 10.3 Å². The van der Waals surface area contributed by atoms with Gasteiger partial charge in [-0.3, -0.25) is 14.5 Å². The summed E-state index contributed by atoms with van der Waals surface area (Å²) >= 11 is 1.36. The average Bonchev–Trinajstić information content (AvgIpc) is 3.07. The van der Waals surface area contributed by atoms with E-state index in [4.69, 9.17) is 0 Å². The first kappa shape index (κ1) is 14.5. The summed E-state index contributed by atoms with van der Waals surface area (Å²) in [5.41, 5.74) is 0. The maximum Gasteiger partial charge on any atom is 0.320 e. The molecule has 0 aromatic carbocycles. The number of hydrogen-bond donors (Lipinski definition) is 2. The second-order valence-corrected chi connectivity index (χ2v) is 6.65. The van der Waals surface area contributed by atoms with Crippen LogP contribution in [-0.4, -0.2) is 45.5 Å². The van der Waals surface area contributed by atoms with Crippen LogP contribution < -0.4 is 5.32 Å². The van der Waals surface area contributed by atoms with Crippen LogP contribution in [0.25, 0.3) is 0 Å². The molecule has 0 unspecified atom stereocenters. The lowest BCUT2D eigenvalue weighted by Crippen LogP contribution is -2.46. The minimum absolute atomic E-state index is 0.137. The molecule has 2 fully saturated rings. The Kier molecular flexibility index (Phi) is 4.21. The van der Waals surface area contributed by atoms with Crippen LogP contribution in [-0.2, 0) is 9.59 Å². The summed E-state index contributed by atoms with van der Waals surface area (Å²) in [6, 6.07) is -0.290. The van der Waals surface area contributed by atoms with Gasteiger partial charge in [-0.05, 0) is 25.2 Å². The second-order valence-electron chi connectivity index (χ2n) is 5.76. The van der Waals surface area contributed by atoms with Gasteiger partial charge in [0.15, 0.2) is 5.13 Å². The third-order valence-electron chi connectivity index (χ3n) is 4.51. The van der Waals surface area contributed by atoms with Crippen LogP contribution in [0.4, 0.5) is 5.13 Å². The van der Waals surface area contributed by atoms with Gasteiger partial charge in [0.05, 0.1) is 6.54 Å². The number of carbonyl (C=O) groups excluding carboxylic acids is 1. The number of amides is 1. The van der Waals surface area contributed by atoms with Crippen molar-refractivity contribution in [2.75, 3.05) is 11.9 Å². The third kappa shape index (κ3) is 3.08. The van der Waals surface area contributed by atoms with Crippen molar-refractivity contribution in [3.8, 4) is 0 Å². The fourth-order valence-electron chi connectivity index (χ4n) is 3.63. The lowest BCUT2D eigenvalue weighted by atomic mass is 9.85. The van der Waals surface area contributed by atoms with Gasteiger partial charge in [-0.2, -0.15) is 0 Å². The van der Waals surface area contributed by atoms with Gasteiger partial charge >= 0.3 is 5.97 Å². The van der Waals surface area contributed by atoms with Crippen molar-refractivity contribution >= 4 is 28.3 Å². The summed E-state index contributed by atoms with van der Waals surface area (Å²) in [6.07, 6.45) is 6.68. The highest BCUT2D eigenvalue weighted by atomic mass is 32.1. The van der Waals surface area contributed by atoms with Crippen LogP contribution in [0.1, 0.15) is 32.1 Å². The highest BCUT2D eigenvalue weighted by Crippen LogP contribution is 2.39. The van der Waals surface area contributed by atoms with Gasteiger partial charge in [-0.1, -0.05) is 12.8 Å². The quantitative estimate of drug-likeness (QED) is 0.886. The summed E-state index contributed by atoms with van der Waals surface area (Å²) in [6.45, 7) is 0.137. The Morgan fingerprint density at radius 1 is 1.43 bits per heavy atom. The van der Waals surface area contributed by atoms with Crippen LogP contribution >= 0.6 is 11.3 Å². The Labute approximate surface area is 127 Å². The molecule has 0 radical (unpaired) electrons. The van der Waals surface area contributed by atoms with E-state index in [1.165, 1.54) is 17.8 Å². The van der Waals surface area contributed by atoms with Crippen molar-refractivity contribution in [1.29, 1.82) is 0 Å². The number of nitrogens with one attached hydrogen (secondary N) is 1. The highest BCUT2D eigenvalue weighted by molar-refractivity contribution is 7.13. The molecule has 3 atom stereocenters. The second kappa shape index (κ2) is 6.11. The van der Waals surface area contributed by atoms with Gasteiger partial charge in [-0.15, -0.1) is 11.3 Å². The normalized spacial score (nSPS) is 29.0. The van der Waals surface area contributed by atoms with E-state index in [1.807, 2.05) is 4.90 Å². The molecule has 1 aromatic rings. The fourth-order valence-corrected chi connectivity index (χ4v) is 4.18. The molecule has 2 heterocycles. The van der Waals surface area contributed by atoms with Gasteiger partial charge in [0.1, 0.15) is 6.04 Å². The zero-order chi connectivity index (χ0) is 14.8. The van der Waals surface area contributed by atoms with Crippen LogP contribution in [0.5, 0.6) is 0 Å². The minimum atomic E-state index is -0.813. The SMILES string of the molecule is O=C(CN1[C@H](C(=O)O)C[C@@H]2CCCC[C@@H]21)Nc1nccs1. The molecule has 1 saturated carbocycles. The Hall–Kier alpha value is -1.47. The van der Waals surface area contributed by atoms with E-state index in [9.17, 15) is 14.7 Å². The van der Waals surface area contributed by atoms with Crippen LogP contribution in [0, 0.1) is 5.92 Å². The summed E-state index contributed by atoms with van der Waals surface area (Å²) in [7, 11) is 0. The monoisotopic (exact) mass is 309 g/mol. The lowest BCUT2D eigenvalue weighted by molar-refractivity contribution is -0.143. The first-order chi connectivity index (χ1) is 10.1. The van der Waals surface area contributed by atoms with Crippen molar-refractivity contribution in [2.24, 2.45) is 5.92 Å². The number of carboxylic acid groups (broad SMARTS) is 1. The van der Waals surface area contributed by atoms with E-state index in [-0.39, 0.29) is 18.5 Å². The first-order valence-electron chi connectivity index (χ1n) is 7.33. The molecule has 2 N–H and O–H groups in total. The molecule has 1 aromatic heterocycles. The molecule has 0 bridgehead atoms. The third-order valence-corrected chi connectivity index (χ3v) is 5.20. The number of nitrogens with zero attached hydrogens (tertiary/aromatic N) is 2. The Bertz CT molecular complexity index is 520. The maximum atomic E-state index is 12.1. The van der Waals surface area contributed by atoms with Crippen molar-refractivity contribution in [2.45, 2.75) is 44.2 Å². The van der Waals surface area contributed by atoms with Crippen molar-refractivity contribution in [1.82, 2.24) is 9.88 Å². The minimum Gasteiger partial charge on any atom is -0.480 e. The van der Waals surface area contributed by atoms with Crippen LogP contribution in [0.3, 0.4) is 0 Å². The topological polar surface area (TPSA) is 82.5 Å². The van der Waals surface area contributed by atoms with E-state index < -0.39 is 12.0 Å². The molecule has 21 heavy (non-hydrogen) atoms. The van der Waals surface area contributed by atoms with Gasteiger partial charge in [0.2, 0.25) is 5.91 Å². The zero-order valence-corrected chi connectivity index (χ0v) is 12.5. The zero-order valence-electron chi connectivity index (χ0n) is 11.7. The maximum absolute atomic E-state index is 12.1. The summed E-state index contributed by atoms with van der Waals surface area (Å²) < 4.78 is 0. The number of fused-ring (bicyclic) bond motifs is 1. The van der Waals surface area contributed by atoms with Gasteiger partial charge in [0, 0.05) is 17.6 Å². The number of thiazole rings is 1. The van der Waals surface area contributed by atoms with E-state index in [0.717, 1.165) is 19.3 Å². The number of carboxylic acids is 1. The standard InChI is InChI=1S/C14H19N3O3S/c18-12(16-14-15-5-6-21-14)8-17-10-4-2-1-3-9(10)7-11(17)13(19)20/h5-6,9-11H,1-4,7-8H2,(H,19,20)(H,15,16,18)/t9-,10-,11-/m0/s1. The molecular formula is C14H19N3O3S. The summed E-state index contributed by atoms with van der Waals surface area (Å²) in [5, 5.41) is 14.5. The van der Waals surface area contributed by atoms with E-state index in [0.29, 0.717) is 17.5 Å². The van der Waals surface area contributed by atoms with Crippen molar-refractivity contribution in [3.05, 3.63) is 11.6 Å². The number of aromatic nitrogens is 1. The molecule has 1 aliphatic carbocycles. The number of aliphatic carboxylic acids is 1. The molecular weight excluding hydrogens is 290 g/mol. The highest BCUT2D eigenvalue weighted by Gasteiger charge is 2.45. The Morgan fingerprint density at radius 2 is 2.24 bits per heavy atom. The Morgan fingerprint density at radius 3 is 2.95 bits per heavy atom. The molecule has 6 nitrogen and oxygen atoms in total. The molecule has 1 saturated heterocycles. The number of hydrogen-bond acceptors (Lipinski definition) is 5. The van der Waals surface area contributed by atoms with Crippen LogP contribution in [0.15, 0.2) is 11.6 Å². The molecule has 3 rings (SSSR count). The molecule has 0 spiro atoms. The summed E-state index contributed by atoms with van der Waals surface area (Å²) in [4.78, 5) is 29.5. The summed E-state index contributed by atoms with van der Waals surface area (Å²) in [5.74, 6) is -0.568. The average molecular weight is 309 g/mol. The van der Waals surface area contributed by atoms with Gasteiger partial charge < -0.3 is 10.4 Å². The number of carbonyl (C=O) groups is 2. The van der Waals surface area contributed by atoms with Crippen molar-refractivity contribution in [3.63, 3.8) is 0 Å². The molecule has 2 aliphatic rings. The van der Waals surface area contributed by atoms with Gasteiger partial charge in [-0.25, -0.2) is 4.98 Å². The molecule has 1 aliphatic heterocycles. The smallest absolute Gasteiger partial charge is 0.320 e. The Balaban J connectivity index is 1.68. The number of likely N-dealkylation sites (tertiary alicyclic amines) is 1. The number of anilines is 1. The fraction of sp³-hybridized carbons (Fsp3) is 0.643. The van der Waals surface area contributed by atoms with Crippen molar-refractivity contribution < 1.29 is 14.7 Å². The van der Waals surface area contributed by atoms with E-state index in [1.54, 1.807) is 11.6 Å². The predicted molar refractivity (Wildman–Crippen MR) is 79.2 cm³/mol. The molecule has 7 heteroatoms. The van der Waals surface area contributed by atoms with Gasteiger partial charge in [0.25, 0.3) is 0 Å². The molecule has 1 amide bonds. The molecule has 114 valence electrons. The lowest BCUT2D eigenvalue weighted by Gasteiger charge is -2.32.